The Morgan fingerprint density at radius 2 is 2.33 bits per heavy atom. The summed E-state index contributed by atoms with van der Waals surface area (Å²) in [5.74, 6) is -1.08. The van der Waals surface area contributed by atoms with Crippen molar-refractivity contribution in [1.82, 2.24) is 4.90 Å². The van der Waals surface area contributed by atoms with Gasteiger partial charge in [-0.1, -0.05) is 44.2 Å². The third-order valence-electron chi connectivity index (χ3n) is 3.35. The SMILES string of the molecule is CCC(C)C(C(=O)O)N1C(=O)/C(=C\c2ccco2)SC1=S. The highest BCUT2D eigenvalue weighted by atomic mass is 32.2. The minimum absolute atomic E-state index is 0.187. The molecule has 1 aromatic rings. The zero-order valence-electron chi connectivity index (χ0n) is 11.6. The van der Waals surface area contributed by atoms with Gasteiger partial charge in [-0.2, -0.15) is 0 Å². The van der Waals surface area contributed by atoms with Gasteiger partial charge in [0.2, 0.25) is 0 Å². The van der Waals surface area contributed by atoms with Gasteiger partial charge < -0.3 is 9.52 Å². The summed E-state index contributed by atoms with van der Waals surface area (Å²) >= 11 is 6.29. The van der Waals surface area contributed by atoms with Crippen LogP contribution in [0.1, 0.15) is 26.0 Å². The van der Waals surface area contributed by atoms with Crippen LogP contribution in [0.2, 0.25) is 0 Å². The molecule has 1 saturated heterocycles. The number of carboxylic acid groups (broad SMARTS) is 1. The van der Waals surface area contributed by atoms with E-state index in [1.165, 1.54) is 11.2 Å². The molecule has 1 fully saturated rings. The van der Waals surface area contributed by atoms with E-state index in [4.69, 9.17) is 16.6 Å². The highest BCUT2D eigenvalue weighted by Gasteiger charge is 2.42. The second kappa shape index (κ2) is 6.44. The Balaban J connectivity index is 2.31. The lowest BCUT2D eigenvalue weighted by molar-refractivity contribution is -0.147. The molecule has 21 heavy (non-hydrogen) atoms. The third-order valence-corrected chi connectivity index (χ3v) is 4.68. The first-order chi connectivity index (χ1) is 9.95. The number of carbonyl (C=O) groups excluding carboxylic acids is 1. The number of carbonyl (C=O) groups is 2. The Hall–Kier alpha value is -1.60. The van der Waals surface area contributed by atoms with Crippen LogP contribution in [0.3, 0.4) is 0 Å². The molecule has 2 unspecified atom stereocenters. The van der Waals surface area contributed by atoms with Crippen LogP contribution >= 0.6 is 24.0 Å². The number of carboxylic acids is 1. The molecule has 112 valence electrons. The maximum Gasteiger partial charge on any atom is 0.327 e. The summed E-state index contributed by atoms with van der Waals surface area (Å²) in [4.78, 5) is 25.5. The quantitative estimate of drug-likeness (QED) is 0.663. The summed E-state index contributed by atoms with van der Waals surface area (Å²) in [6, 6.07) is 2.49. The Labute approximate surface area is 132 Å². The minimum atomic E-state index is -1.04. The van der Waals surface area contributed by atoms with Crippen molar-refractivity contribution in [3.8, 4) is 0 Å². The molecule has 1 aliphatic heterocycles. The number of rotatable bonds is 5. The van der Waals surface area contributed by atoms with Crippen LogP contribution in [0.4, 0.5) is 0 Å². The molecule has 1 aliphatic rings. The molecule has 0 radical (unpaired) electrons. The van der Waals surface area contributed by atoms with Crippen LogP contribution in [0, 0.1) is 5.92 Å². The van der Waals surface area contributed by atoms with E-state index in [1.807, 2.05) is 6.92 Å². The molecule has 2 heterocycles. The van der Waals surface area contributed by atoms with Crippen molar-refractivity contribution < 1.29 is 19.1 Å². The van der Waals surface area contributed by atoms with E-state index in [0.717, 1.165) is 11.8 Å². The van der Waals surface area contributed by atoms with Crippen LogP contribution in [-0.4, -0.2) is 32.2 Å². The Morgan fingerprint density at radius 1 is 1.62 bits per heavy atom. The number of aliphatic carboxylic acids is 1. The van der Waals surface area contributed by atoms with Crippen molar-refractivity contribution in [3.63, 3.8) is 0 Å². The summed E-state index contributed by atoms with van der Waals surface area (Å²) in [6.07, 6.45) is 3.73. The molecule has 0 bridgehead atoms. The van der Waals surface area contributed by atoms with Crippen LogP contribution in [0.25, 0.3) is 6.08 Å². The predicted octanol–water partition coefficient (Wildman–Crippen LogP) is 2.98. The van der Waals surface area contributed by atoms with E-state index in [1.54, 1.807) is 25.1 Å². The second-order valence-corrected chi connectivity index (χ2v) is 6.41. The molecule has 1 N–H and O–H groups in total. The van der Waals surface area contributed by atoms with E-state index in [-0.39, 0.29) is 16.1 Å². The fourth-order valence-corrected chi connectivity index (χ4v) is 3.36. The molecule has 0 aliphatic carbocycles. The number of hydrogen-bond acceptors (Lipinski definition) is 5. The fourth-order valence-electron chi connectivity index (χ4n) is 2.05. The van der Waals surface area contributed by atoms with Crippen molar-refractivity contribution in [1.29, 1.82) is 0 Å². The highest BCUT2D eigenvalue weighted by Crippen LogP contribution is 2.35. The van der Waals surface area contributed by atoms with Gasteiger partial charge in [0.1, 0.15) is 16.1 Å². The van der Waals surface area contributed by atoms with Crippen molar-refractivity contribution in [2.24, 2.45) is 5.92 Å². The average Bonchev–Trinajstić information content (AvgIpc) is 3.02. The van der Waals surface area contributed by atoms with Gasteiger partial charge >= 0.3 is 5.97 Å². The largest absolute Gasteiger partial charge is 0.480 e. The maximum absolute atomic E-state index is 12.5. The number of hydrogen-bond donors (Lipinski definition) is 1. The van der Waals surface area contributed by atoms with Crippen molar-refractivity contribution in [2.75, 3.05) is 0 Å². The Morgan fingerprint density at radius 3 is 2.86 bits per heavy atom. The summed E-state index contributed by atoms with van der Waals surface area (Å²) in [7, 11) is 0. The summed E-state index contributed by atoms with van der Waals surface area (Å²) in [5.41, 5.74) is 0. The van der Waals surface area contributed by atoms with Gasteiger partial charge in [0.25, 0.3) is 5.91 Å². The second-order valence-electron chi connectivity index (χ2n) is 4.74. The smallest absolute Gasteiger partial charge is 0.327 e. The number of furan rings is 1. The molecular weight excluding hydrogens is 310 g/mol. The Kier molecular flexibility index (Phi) is 4.84. The van der Waals surface area contributed by atoms with Gasteiger partial charge in [0, 0.05) is 6.08 Å². The van der Waals surface area contributed by atoms with Crippen LogP contribution in [0.15, 0.2) is 27.7 Å². The molecule has 1 amide bonds. The molecule has 1 aromatic heterocycles. The van der Waals surface area contributed by atoms with Gasteiger partial charge in [-0.3, -0.25) is 9.69 Å². The van der Waals surface area contributed by atoms with Crippen LogP contribution in [-0.2, 0) is 9.59 Å². The molecule has 7 heteroatoms. The van der Waals surface area contributed by atoms with Crippen molar-refractivity contribution in [3.05, 3.63) is 29.1 Å². The molecule has 0 saturated carbocycles. The molecular formula is C14H15NO4S2. The highest BCUT2D eigenvalue weighted by molar-refractivity contribution is 8.26. The first-order valence-electron chi connectivity index (χ1n) is 6.49. The third kappa shape index (κ3) is 3.19. The van der Waals surface area contributed by atoms with Gasteiger partial charge in [0.05, 0.1) is 11.2 Å². The van der Waals surface area contributed by atoms with Crippen LogP contribution in [0.5, 0.6) is 0 Å². The first kappa shape index (κ1) is 15.8. The normalized spacial score (nSPS) is 20.1. The monoisotopic (exact) mass is 325 g/mol. The van der Waals surface area contributed by atoms with E-state index in [9.17, 15) is 14.7 Å². The molecule has 2 rings (SSSR count). The van der Waals surface area contributed by atoms with Gasteiger partial charge in [-0.05, 0) is 18.1 Å². The summed E-state index contributed by atoms with van der Waals surface area (Å²) < 4.78 is 5.44. The predicted molar refractivity (Wildman–Crippen MR) is 84.6 cm³/mol. The lowest BCUT2D eigenvalue weighted by Crippen LogP contribution is -2.47. The maximum atomic E-state index is 12.5. The number of thiocarbonyl (C=S) groups is 1. The number of nitrogens with zero attached hydrogens (tertiary/aromatic N) is 1. The van der Waals surface area contributed by atoms with E-state index in [0.29, 0.717) is 17.1 Å². The van der Waals surface area contributed by atoms with Crippen molar-refractivity contribution in [2.45, 2.75) is 26.3 Å². The summed E-state index contributed by atoms with van der Waals surface area (Å²) in [5, 5.41) is 9.41. The average molecular weight is 325 g/mol. The standard InChI is InChI=1S/C14H15NO4S2/c1-3-8(2)11(13(17)18)15-12(16)10(21-14(15)20)7-9-5-4-6-19-9/h4-8,11H,3H2,1-2H3,(H,17,18)/b10-7+. The Bertz CT molecular complexity index is 594. The van der Waals surface area contributed by atoms with Gasteiger partial charge in [-0.15, -0.1) is 0 Å². The molecule has 0 aromatic carbocycles. The number of amides is 1. The fraction of sp³-hybridized carbons (Fsp3) is 0.357. The minimum Gasteiger partial charge on any atom is -0.480 e. The lowest BCUT2D eigenvalue weighted by Gasteiger charge is -2.27. The topological polar surface area (TPSA) is 70.8 Å². The van der Waals surface area contributed by atoms with Crippen LogP contribution < -0.4 is 0 Å². The molecule has 0 spiro atoms. The van der Waals surface area contributed by atoms with Gasteiger partial charge in [-0.25, -0.2) is 4.79 Å². The van der Waals surface area contributed by atoms with Crippen molar-refractivity contribution >= 4 is 46.3 Å². The lowest BCUT2D eigenvalue weighted by atomic mass is 9.98. The first-order valence-corrected chi connectivity index (χ1v) is 7.71. The van der Waals surface area contributed by atoms with E-state index in [2.05, 4.69) is 0 Å². The zero-order chi connectivity index (χ0) is 15.6. The molecule has 2 atom stereocenters. The molecule has 5 nitrogen and oxygen atoms in total. The van der Waals surface area contributed by atoms with E-state index >= 15 is 0 Å². The van der Waals surface area contributed by atoms with Gasteiger partial charge in [0.15, 0.2) is 0 Å². The summed E-state index contributed by atoms with van der Waals surface area (Å²) in [6.45, 7) is 3.69. The van der Waals surface area contributed by atoms with E-state index < -0.39 is 12.0 Å². The number of thioether (sulfide) groups is 1. The zero-order valence-corrected chi connectivity index (χ0v) is 13.2.